The summed E-state index contributed by atoms with van der Waals surface area (Å²) in [5, 5.41) is 10.7. The molecular weight excluding hydrogens is 667 g/mol. The van der Waals surface area contributed by atoms with Gasteiger partial charge < -0.3 is 19.1 Å². The van der Waals surface area contributed by atoms with Crippen molar-refractivity contribution in [2.75, 3.05) is 12.9 Å². The molecule has 49 heavy (non-hydrogen) atoms. The Hall–Kier alpha value is -4.15. The molecule has 13 nitrogen and oxygen atoms in total. The molecule has 1 saturated carbocycles. The molecule has 3 heterocycles. The van der Waals surface area contributed by atoms with Crippen molar-refractivity contribution in [3.8, 4) is 5.75 Å². The van der Waals surface area contributed by atoms with E-state index in [4.69, 9.17) is 24.4 Å². The monoisotopic (exact) mass is 707 g/mol. The Morgan fingerprint density at radius 3 is 2.14 bits per heavy atom. The number of carbonyl (C=O) groups is 3. The highest BCUT2D eigenvalue weighted by atomic mass is 32.2. The van der Waals surface area contributed by atoms with E-state index in [1.165, 1.54) is 5.12 Å². The summed E-state index contributed by atoms with van der Waals surface area (Å²) in [6, 6.07) is -1.59. The summed E-state index contributed by atoms with van der Waals surface area (Å²) in [5.41, 5.74) is 1.09. The number of ether oxygens (including phenoxy) is 3. The quantitative estimate of drug-likeness (QED) is 0.333. The topological polar surface area (TPSA) is 139 Å². The van der Waals surface area contributed by atoms with Crippen molar-refractivity contribution >= 4 is 47.3 Å². The number of methoxy groups -OCH3 is 1. The summed E-state index contributed by atoms with van der Waals surface area (Å²) in [7, 11) is 1.54. The van der Waals surface area contributed by atoms with Crippen LogP contribution in [0.5, 0.6) is 5.75 Å². The van der Waals surface area contributed by atoms with Gasteiger partial charge in [-0.2, -0.15) is 37.8 Å². The van der Waals surface area contributed by atoms with Crippen LogP contribution in [-0.4, -0.2) is 97.6 Å². The molecule has 4 aliphatic rings. The minimum atomic E-state index is -5.09. The van der Waals surface area contributed by atoms with Crippen LogP contribution >= 0.6 is 11.9 Å². The van der Waals surface area contributed by atoms with Crippen molar-refractivity contribution in [3.05, 3.63) is 34.2 Å². The molecule has 1 aromatic rings. The summed E-state index contributed by atoms with van der Waals surface area (Å²) in [4.78, 5) is 46.4. The number of hydrogen-bond acceptors (Lipinski definition) is 12. The molecule has 0 aromatic carbocycles. The lowest BCUT2D eigenvalue weighted by atomic mass is 10.0. The Morgan fingerprint density at radius 2 is 1.61 bits per heavy atom. The molecule has 5 rings (SSSR count). The second-order valence-corrected chi connectivity index (χ2v) is 14.8. The van der Waals surface area contributed by atoms with Crippen LogP contribution in [0.4, 0.5) is 22.8 Å². The van der Waals surface area contributed by atoms with Gasteiger partial charge in [-0.3, -0.25) is 9.78 Å². The molecule has 1 atom stereocenters. The maximum absolute atomic E-state index is 13.9. The highest BCUT2D eigenvalue weighted by Gasteiger charge is 2.54. The molecule has 0 spiro atoms. The third kappa shape index (κ3) is 7.70. The Balaban J connectivity index is 1.67. The van der Waals surface area contributed by atoms with E-state index in [1.807, 2.05) is 13.8 Å². The Kier molecular flexibility index (Phi) is 9.55. The standard InChI is InChI=1S/C32H40F3N7O6S/c1-16-13-36-21(17(2)25(16)46-9)14-40-37-20-12-22(41(18-10-11-18)27(43)32(33,34)35)19-15-49-39-26(24(38-40)23(19)20)42(28(44)47-30(3,4)5)29(45)48-31(6,7)8/h13,18,22H,10-12,14-15H2,1-9H3. The van der Waals surface area contributed by atoms with E-state index in [2.05, 4.69) is 9.38 Å². The zero-order valence-electron chi connectivity index (χ0n) is 28.9. The van der Waals surface area contributed by atoms with Crippen LogP contribution in [0, 0.1) is 13.8 Å². The number of aromatic nitrogens is 1. The highest BCUT2D eigenvalue weighted by Crippen LogP contribution is 2.43. The van der Waals surface area contributed by atoms with Crippen molar-refractivity contribution in [1.29, 1.82) is 0 Å². The van der Waals surface area contributed by atoms with Gasteiger partial charge in [0.2, 0.25) is 0 Å². The van der Waals surface area contributed by atoms with Gasteiger partial charge in [-0.25, -0.2) is 9.59 Å². The molecule has 1 unspecified atom stereocenters. The van der Waals surface area contributed by atoms with Crippen LogP contribution in [0.15, 0.2) is 31.9 Å². The number of nitrogens with zero attached hydrogens (tertiary/aromatic N) is 7. The number of rotatable bonds is 5. The molecule has 266 valence electrons. The van der Waals surface area contributed by atoms with Gasteiger partial charge in [0, 0.05) is 41.1 Å². The number of hydrogen-bond donors (Lipinski definition) is 0. The normalized spacial score (nSPS) is 19.3. The predicted molar refractivity (Wildman–Crippen MR) is 176 cm³/mol. The summed E-state index contributed by atoms with van der Waals surface area (Å²) in [6.45, 7) is 13.4. The van der Waals surface area contributed by atoms with Crippen molar-refractivity contribution in [1.82, 2.24) is 19.9 Å². The van der Waals surface area contributed by atoms with Gasteiger partial charge in [0.1, 0.15) is 29.2 Å². The van der Waals surface area contributed by atoms with Crippen LogP contribution in [0.1, 0.15) is 77.6 Å². The van der Waals surface area contributed by atoms with E-state index < -0.39 is 47.6 Å². The van der Waals surface area contributed by atoms with Crippen LogP contribution in [0.3, 0.4) is 0 Å². The zero-order chi connectivity index (χ0) is 36.2. The molecule has 17 heteroatoms. The fraction of sp³-hybridized carbons (Fsp3) is 0.594. The van der Waals surface area contributed by atoms with Crippen molar-refractivity contribution in [2.24, 2.45) is 14.6 Å². The summed E-state index contributed by atoms with van der Waals surface area (Å²) >= 11 is 0.905. The van der Waals surface area contributed by atoms with E-state index in [0.29, 0.717) is 46.0 Å². The van der Waals surface area contributed by atoms with Crippen molar-refractivity contribution in [3.63, 3.8) is 0 Å². The molecule has 0 bridgehead atoms. The number of carbonyl (C=O) groups excluding carboxylic acids is 3. The zero-order valence-corrected chi connectivity index (χ0v) is 29.7. The Labute approximate surface area is 286 Å². The molecule has 3 amide bonds. The number of pyridine rings is 1. The number of halogens is 3. The molecule has 1 aromatic heterocycles. The molecule has 0 radical (unpaired) electrons. The van der Waals surface area contributed by atoms with Crippen LogP contribution < -0.4 is 4.74 Å². The average molecular weight is 708 g/mol. The van der Waals surface area contributed by atoms with E-state index in [1.54, 1.807) is 54.8 Å². The summed E-state index contributed by atoms with van der Waals surface area (Å²) in [5.74, 6) is -1.52. The summed E-state index contributed by atoms with van der Waals surface area (Å²) < 4.78 is 63.1. The third-order valence-corrected chi connectivity index (χ3v) is 8.57. The first kappa shape index (κ1) is 36.1. The minimum Gasteiger partial charge on any atom is -0.496 e. The van der Waals surface area contributed by atoms with Gasteiger partial charge in [0.15, 0.2) is 5.84 Å². The largest absolute Gasteiger partial charge is 0.496 e. The second kappa shape index (κ2) is 12.9. The fourth-order valence-corrected chi connectivity index (χ4v) is 6.60. The van der Waals surface area contributed by atoms with E-state index in [-0.39, 0.29) is 30.3 Å². The Bertz CT molecular complexity index is 1660. The number of aryl methyl sites for hydroxylation is 1. The lowest BCUT2D eigenvalue weighted by Crippen LogP contribution is -2.50. The number of hydrazone groups is 2. The van der Waals surface area contributed by atoms with Crippen molar-refractivity contribution in [2.45, 2.75) is 111 Å². The smallest absolute Gasteiger partial charge is 0.471 e. The Morgan fingerprint density at radius 1 is 1.00 bits per heavy atom. The molecule has 0 saturated heterocycles. The van der Waals surface area contributed by atoms with Gasteiger partial charge in [-0.15, -0.1) is 0 Å². The number of imide groups is 1. The molecule has 2 aliphatic carbocycles. The fourth-order valence-electron chi connectivity index (χ4n) is 5.77. The van der Waals surface area contributed by atoms with Gasteiger partial charge in [0.25, 0.3) is 0 Å². The van der Waals surface area contributed by atoms with Gasteiger partial charge in [-0.1, -0.05) is 0 Å². The maximum atomic E-state index is 13.9. The SMILES string of the molecule is COc1c(C)cnc(CN2N=C3CC(N(C(=O)C(F)(F)F)C4CC4)C4=C3C(=N2)C(N(C(=O)OC(C)(C)C)C(=O)OC(C)(C)C)=NSC4)c1C. The van der Waals surface area contributed by atoms with Crippen LogP contribution in [-0.2, 0) is 20.8 Å². The van der Waals surface area contributed by atoms with Crippen molar-refractivity contribution < 1.29 is 41.8 Å². The predicted octanol–water partition coefficient (Wildman–Crippen LogP) is 6.09. The van der Waals surface area contributed by atoms with Gasteiger partial charge in [0.05, 0.1) is 24.6 Å². The first-order valence-electron chi connectivity index (χ1n) is 15.7. The molecule has 1 fully saturated rings. The van der Waals surface area contributed by atoms with E-state index >= 15 is 0 Å². The number of alkyl halides is 3. The number of amidine groups is 1. The van der Waals surface area contributed by atoms with Crippen LogP contribution in [0.25, 0.3) is 0 Å². The first-order valence-corrected chi connectivity index (χ1v) is 16.7. The van der Waals surface area contributed by atoms with Crippen LogP contribution in [0.2, 0.25) is 0 Å². The maximum Gasteiger partial charge on any atom is 0.471 e. The third-order valence-electron chi connectivity index (χ3n) is 7.83. The lowest BCUT2D eigenvalue weighted by molar-refractivity contribution is -0.187. The summed E-state index contributed by atoms with van der Waals surface area (Å²) in [6.07, 6.45) is -4.82. The van der Waals surface area contributed by atoms with Gasteiger partial charge >= 0.3 is 24.3 Å². The average Bonchev–Trinajstić information content (AvgIpc) is 3.75. The van der Waals surface area contributed by atoms with E-state index in [0.717, 1.165) is 28.0 Å². The highest BCUT2D eigenvalue weighted by molar-refractivity contribution is 7.98. The lowest BCUT2D eigenvalue weighted by Gasteiger charge is -2.31. The second-order valence-electron chi connectivity index (χ2n) is 14.1. The number of amides is 3. The van der Waals surface area contributed by atoms with Gasteiger partial charge in [-0.05, 0) is 85.8 Å². The van der Waals surface area contributed by atoms with E-state index in [9.17, 15) is 27.6 Å². The molecular formula is C32H40F3N7O6S. The minimum absolute atomic E-state index is 0.00356. The molecule has 0 N–H and O–H groups in total. The molecule has 2 aliphatic heterocycles. The first-order chi connectivity index (χ1) is 22.7.